The molecule has 7 heteroatoms. The fraction of sp³-hybridized carbons (Fsp3) is 0.421. The minimum atomic E-state index is -0.559. The Balaban J connectivity index is 1.59. The van der Waals surface area contributed by atoms with Crippen LogP contribution in [-0.2, 0) is 22.6 Å². The molecule has 0 saturated heterocycles. The number of fused-ring (bicyclic) bond motifs is 1. The molecule has 1 N–H and O–H groups in total. The molecule has 26 heavy (non-hydrogen) atoms. The number of rotatable bonds is 6. The molecule has 0 aliphatic carbocycles. The van der Waals surface area contributed by atoms with E-state index in [1.54, 1.807) is 28.3 Å². The third kappa shape index (κ3) is 3.93. The van der Waals surface area contributed by atoms with Crippen molar-refractivity contribution >= 4 is 29.4 Å². The predicted octanol–water partition coefficient (Wildman–Crippen LogP) is 2.40. The molecule has 3 rings (SSSR count). The zero-order valence-corrected chi connectivity index (χ0v) is 16.2. The molecular weight excluding hydrogens is 348 g/mol. The Kier molecular flexibility index (Phi) is 5.66. The van der Waals surface area contributed by atoms with E-state index in [-0.39, 0.29) is 11.8 Å². The molecule has 1 unspecified atom stereocenters. The highest BCUT2D eigenvalue weighted by Crippen LogP contribution is 2.24. The van der Waals surface area contributed by atoms with Crippen LogP contribution in [0, 0.1) is 6.92 Å². The number of carbonyl (C=O) groups excluding carboxylic acids is 2. The smallest absolute Gasteiger partial charge is 0.242 e. The zero-order chi connectivity index (χ0) is 18.7. The fourth-order valence-corrected chi connectivity index (χ4v) is 3.55. The molecule has 2 aromatic rings. The molecule has 1 aliphatic rings. The second-order valence-electron chi connectivity index (χ2n) is 6.45. The second-order valence-corrected chi connectivity index (χ2v) is 7.33. The van der Waals surface area contributed by atoms with Crippen LogP contribution in [0.15, 0.2) is 35.2 Å². The first-order valence-electron chi connectivity index (χ1n) is 8.76. The largest absolute Gasteiger partial charge is 0.354 e. The summed E-state index contributed by atoms with van der Waals surface area (Å²) >= 11 is 1.71. The number of anilines is 1. The molecule has 0 spiro atoms. The van der Waals surface area contributed by atoms with E-state index in [0.717, 1.165) is 12.1 Å². The van der Waals surface area contributed by atoms with Gasteiger partial charge in [0.15, 0.2) is 0 Å². The number of benzene rings is 1. The van der Waals surface area contributed by atoms with E-state index in [9.17, 15) is 9.59 Å². The van der Waals surface area contributed by atoms with Crippen LogP contribution in [0.1, 0.15) is 24.6 Å². The Bertz CT molecular complexity index is 800. The summed E-state index contributed by atoms with van der Waals surface area (Å²) in [5.41, 5.74) is 2.03. The van der Waals surface area contributed by atoms with E-state index in [4.69, 9.17) is 0 Å². The molecule has 1 atom stereocenters. The topological polar surface area (TPSA) is 67.2 Å². The molecule has 2 heterocycles. The van der Waals surface area contributed by atoms with Crippen molar-refractivity contribution < 1.29 is 9.59 Å². The van der Waals surface area contributed by atoms with E-state index in [1.807, 2.05) is 19.2 Å². The summed E-state index contributed by atoms with van der Waals surface area (Å²) in [6.07, 6.45) is 3.18. The summed E-state index contributed by atoms with van der Waals surface area (Å²) in [7, 11) is 0. The zero-order valence-electron chi connectivity index (χ0n) is 15.4. The maximum atomic E-state index is 12.6. The van der Waals surface area contributed by atoms with Gasteiger partial charge in [-0.3, -0.25) is 14.5 Å². The Labute approximate surface area is 157 Å². The number of nitrogens with one attached hydrogen (secondary N) is 1. The lowest BCUT2D eigenvalue weighted by molar-refractivity contribution is -0.126. The normalized spacial score (nSPS) is 14.9. The van der Waals surface area contributed by atoms with E-state index < -0.39 is 6.04 Å². The number of hydrogen-bond acceptors (Lipinski definition) is 4. The molecule has 138 valence electrons. The van der Waals surface area contributed by atoms with Crippen molar-refractivity contribution in [3.05, 3.63) is 41.6 Å². The monoisotopic (exact) mass is 372 g/mol. The predicted molar refractivity (Wildman–Crippen MR) is 103 cm³/mol. The number of carbonyl (C=O) groups is 2. The van der Waals surface area contributed by atoms with Crippen LogP contribution in [0.4, 0.5) is 5.82 Å². The molecule has 0 radical (unpaired) electrons. The molecule has 6 nitrogen and oxygen atoms in total. The number of thioether (sulfide) groups is 1. The van der Waals surface area contributed by atoms with Crippen molar-refractivity contribution in [1.29, 1.82) is 0 Å². The first-order chi connectivity index (χ1) is 12.5. The van der Waals surface area contributed by atoms with Gasteiger partial charge in [-0.2, -0.15) is 5.10 Å². The van der Waals surface area contributed by atoms with Gasteiger partial charge in [-0.1, -0.05) is 12.1 Å². The maximum absolute atomic E-state index is 12.6. The molecule has 2 amide bonds. The molecular formula is C19H24N4O2S. The summed E-state index contributed by atoms with van der Waals surface area (Å²) in [5.74, 6) is 0.521. The Morgan fingerprint density at radius 2 is 2.08 bits per heavy atom. The first-order valence-corrected chi connectivity index (χ1v) is 9.99. The molecule has 1 aliphatic heterocycles. The molecule has 0 fully saturated rings. The lowest BCUT2D eigenvalue weighted by Crippen LogP contribution is -2.51. The second kappa shape index (κ2) is 7.95. The number of amides is 2. The number of nitrogens with zero attached hydrogens (tertiary/aromatic N) is 3. The van der Waals surface area contributed by atoms with Crippen molar-refractivity contribution in [1.82, 2.24) is 15.1 Å². The van der Waals surface area contributed by atoms with Crippen LogP contribution in [-0.4, -0.2) is 40.4 Å². The van der Waals surface area contributed by atoms with Crippen LogP contribution < -0.4 is 10.2 Å². The summed E-state index contributed by atoms with van der Waals surface area (Å²) in [5, 5.41) is 7.33. The van der Waals surface area contributed by atoms with Gasteiger partial charge in [0.2, 0.25) is 11.8 Å². The van der Waals surface area contributed by atoms with Gasteiger partial charge in [-0.25, -0.2) is 4.68 Å². The lowest BCUT2D eigenvalue weighted by Gasteiger charge is -2.31. The summed E-state index contributed by atoms with van der Waals surface area (Å²) in [6, 6.07) is 9.62. The standard InChI is InChI=1S/C19H24N4O2S/c1-13-12-17-22(21-13)11-9-18(24)23(17)14(2)19(25)20-10-8-15-4-6-16(26-3)7-5-15/h4-7,12,14H,8-11H2,1-3H3,(H,20,25). The van der Waals surface area contributed by atoms with Gasteiger partial charge < -0.3 is 5.32 Å². The highest BCUT2D eigenvalue weighted by atomic mass is 32.2. The highest BCUT2D eigenvalue weighted by Gasteiger charge is 2.32. The van der Waals surface area contributed by atoms with Crippen LogP contribution >= 0.6 is 11.8 Å². The molecule has 1 aromatic heterocycles. The van der Waals surface area contributed by atoms with Gasteiger partial charge in [0.1, 0.15) is 11.9 Å². The van der Waals surface area contributed by atoms with Gasteiger partial charge in [0, 0.05) is 23.9 Å². The third-order valence-corrected chi connectivity index (χ3v) is 5.32. The van der Waals surface area contributed by atoms with E-state index in [1.165, 1.54) is 10.5 Å². The number of aryl methyl sites for hydroxylation is 2. The van der Waals surface area contributed by atoms with Crippen LogP contribution in [0.5, 0.6) is 0 Å². The van der Waals surface area contributed by atoms with Crippen molar-refractivity contribution in [2.45, 2.75) is 44.2 Å². The van der Waals surface area contributed by atoms with Crippen LogP contribution in [0.3, 0.4) is 0 Å². The van der Waals surface area contributed by atoms with Gasteiger partial charge in [0.05, 0.1) is 12.2 Å². The van der Waals surface area contributed by atoms with Crippen LogP contribution in [0.25, 0.3) is 0 Å². The molecule has 0 bridgehead atoms. The third-order valence-electron chi connectivity index (χ3n) is 4.57. The summed E-state index contributed by atoms with van der Waals surface area (Å²) < 4.78 is 1.80. The van der Waals surface area contributed by atoms with Gasteiger partial charge >= 0.3 is 0 Å². The number of hydrogen-bond donors (Lipinski definition) is 1. The average molecular weight is 372 g/mol. The quantitative estimate of drug-likeness (QED) is 0.791. The highest BCUT2D eigenvalue weighted by molar-refractivity contribution is 7.98. The van der Waals surface area contributed by atoms with Crippen molar-refractivity contribution in [2.75, 3.05) is 17.7 Å². The minimum absolute atomic E-state index is 0.0345. The van der Waals surface area contributed by atoms with E-state index in [2.05, 4.69) is 34.7 Å². The van der Waals surface area contributed by atoms with E-state index in [0.29, 0.717) is 25.3 Å². The van der Waals surface area contributed by atoms with Gasteiger partial charge in [-0.05, 0) is 44.2 Å². The van der Waals surface area contributed by atoms with E-state index >= 15 is 0 Å². The fourth-order valence-electron chi connectivity index (χ4n) is 3.14. The molecule has 0 saturated carbocycles. The molecule has 1 aromatic carbocycles. The Morgan fingerprint density at radius 1 is 1.35 bits per heavy atom. The van der Waals surface area contributed by atoms with Crippen molar-refractivity contribution in [3.63, 3.8) is 0 Å². The SMILES string of the molecule is CSc1ccc(CCNC(=O)C(C)N2C(=O)CCn3nc(C)cc32)cc1. The number of aromatic nitrogens is 2. The minimum Gasteiger partial charge on any atom is -0.354 e. The Morgan fingerprint density at radius 3 is 2.77 bits per heavy atom. The average Bonchev–Trinajstić information content (AvgIpc) is 3.01. The van der Waals surface area contributed by atoms with Gasteiger partial charge in [0.25, 0.3) is 0 Å². The van der Waals surface area contributed by atoms with Crippen molar-refractivity contribution in [2.24, 2.45) is 0 Å². The summed E-state index contributed by atoms with van der Waals surface area (Å²) in [4.78, 5) is 27.7. The van der Waals surface area contributed by atoms with Gasteiger partial charge in [-0.15, -0.1) is 11.8 Å². The van der Waals surface area contributed by atoms with Crippen molar-refractivity contribution in [3.8, 4) is 0 Å². The van der Waals surface area contributed by atoms with Crippen LogP contribution in [0.2, 0.25) is 0 Å². The Hall–Kier alpha value is -2.28. The first kappa shape index (κ1) is 18.5. The maximum Gasteiger partial charge on any atom is 0.242 e. The summed E-state index contributed by atoms with van der Waals surface area (Å²) in [6.45, 7) is 4.76. The lowest BCUT2D eigenvalue weighted by atomic mass is 10.1.